The molecule has 0 amide bonds. The fourth-order valence-electron chi connectivity index (χ4n) is 4.74. The minimum atomic E-state index is -1.09. The van der Waals surface area contributed by atoms with E-state index >= 15 is 0 Å². The van der Waals surface area contributed by atoms with Crippen LogP contribution in [0.1, 0.15) is 129 Å². The number of cyclic esters (lactones) is 1. The van der Waals surface area contributed by atoms with Crippen LogP contribution in [-0.2, 0) is 19.1 Å². The van der Waals surface area contributed by atoms with Gasteiger partial charge in [0, 0.05) is 12.0 Å². The summed E-state index contributed by atoms with van der Waals surface area (Å²) >= 11 is 0. The van der Waals surface area contributed by atoms with Gasteiger partial charge in [-0.25, -0.2) is 4.79 Å². The molecular weight excluding hydrogens is 416 g/mol. The molecule has 5 heteroatoms. The van der Waals surface area contributed by atoms with E-state index < -0.39 is 18.2 Å². The highest BCUT2D eigenvalue weighted by Gasteiger charge is 2.42. The average molecular weight is 463 g/mol. The molecule has 0 unspecified atom stereocenters. The quantitative estimate of drug-likeness (QED) is 0.185. The fraction of sp³-hybridized carbons (Fsp3) is 0.786. The van der Waals surface area contributed by atoms with Crippen molar-refractivity contribution in [1.29, 1.82) is 0 Å². The van der Waals surface area contributed by atoms with Crippen LogP contribution in [0.25, 0.3) is 0 Å². The second kappa shape index (κ2) is 16.1. The van der Waals surface area contributed by atoms with Crippen LogP contribution < -0.4 is 0 Å². The summed E-state index contributed by atoms with van der Waals surface area (Å²) in [6, 6.07) is 0. The molecule has 2 atom stereocenters. The van der Waals surface area contributed by atoms with E-state index in [9.17, 15) is 14.7 Å². The van der Waals surface area contributed by atoms with Gasteiger partial charge in [-0.05, 0) is 31.8 Å². The molecule has 0 saturated carbocycles. The minimum Gasteiger partial charge on any atom is -0.459 e. The van der Waals surface area contributed by atoms with E-state index in [0.717, 1.165) is 37.7 Å². The highest BCUT2D eigenvalue weighted by molar-refractivity contribution is 5.96. The summed E-state index contributed by atoms with van der Waals surface area (Å²) in [5, 5.41) is 10.6. The van der Waals surface area contributed by atoms with E-state index in [-0.39, 0.29) is 11.5 Å². The fourth-order valence-corrected chi connectivity index (χ4v) is 4.74. The number of unbranched alkanes of at least 4 members (excludes halogenated alkanes) is 13. The van der Waals surface area contributed by atoms with Crippen LogP contribution >= 0.6 is 0 Å². The van der Waals surface area contributed by atoms with Crippen molar-refractivity contribution < 1.29 is 24.2 Å². The number of rotatable bonds is 17. The zero-order valence-electron chi connectivity index (χ0n) is 21.0. The Balaban J connectivity index is 1.55. The predicted molar refractivity (Wildman–Crippen MR) is 132 cm³/mol. The van der Waals surface area contributed by atoms with E-state index in [0.29, 0.717) is 25.0 Å². The lowest BCUT2D eigenvalue weighted by molar-refractivity contribution is -0.156. The Morgan fingerprint density at radius 1 is 0.939 bits per heavy atom. The highest BCUT2D eigenvalue weighted by Crippen LogP contribution is 2.38. The summed E-state index contributed by atoms with van der Waals surface area (Å²) in [6.07, 6.45) is 19.9. The third-order valence-electron chi connectivity index (χ3n) is 6.76. The molecule has 0 bridgehead atoms. The Bertz CT molecular complexity index is 663. The Morgan fingerprint density at radius 2 is 1.52 bits per heavy atom. The van der Waals surface area contributed by atoms with Crippen LogP contribution in [0.5, 0.6) is 0 Å². The van der Waals surface area contributed by atoms with Gasteiger partial charge < -0.3 is 14.6 Å². The predicted octanol–water partition coefficient (Wildman–Crippen LogP) is 7.07. The van der Waals surface area contributed by atoms with Crippen molar-refractivity contribution in [1.82, 2.24) is 0 Å². The van der Waals surface area contributed by atoms with Crippen LogP contribution in [0.2, 0.25) is 0 Å². The molecule has 0 fully saturated rings. The van der Waals surface area contributed by atoms with Gasteiger partial charge in [0.2, 0.25) is 0 Å². The third kappa shape index (κ3) is 9.64. The molecule has 33 heavy (non-hydrogen) atoms. The number of hydrogen-bond donors (Lipinski definition) is 1. The Hall–Kier alpha value is -1.62. The lowest BCUT2D eigenvalue weighted by Crippen LogP contribution is -2.37. The van der Waals surface area contributed by atoms with Crippen LogP contribution in [0.15, 0.2) is 23.0 Å². The van der Waals surface area contributed by atoms with Gasteiger partial charge >= 0.3 is 11.9 Å². The Morgan fingerprint density at radius 3 is 2.09 bits per heavy atom. The van der Waals surface area contributed by atoms with Crippen molar-refractivity contribution in [2.24, 2.45) is 0 Å². The standard InChI is InChI=1S/C28H46O5/c1-3-5-7-8-9-10-11-12-13-14-15-16-17-19-25(29)32-24-21-20-22-23(18-6-4-2)33-28(31)26(22)27(24)30/h18,24,27,30H,3-17,19-21H2,1-2H3/b23-18-/t24-,27-/m0/s1. The summed E-state index contributed by atoms with van der Waals surface area (Å²) in [6.45, 7) is 4.32. The monoisotopic (exact) mass is 462 g/mol. The molecular formula is C28H46O5. The summed E-state index contributed by atoms with van der Waals surface area (Å²) < 4.78 is 10.9. The highest BCUT2D eigenvalue weighted by atomic mass is 16.6. The lowest BCUT2D eigenvalue weighted by Gasteiger charge is -2.27. The van der Waals surface area contributed by atoms with Gasteiger partial charge in [0.05, 0.1) is 5.57 Å². The first-order valence-corrected chi connectivity index (χ1v) is 13.6. The summed E-state index contributed by atoms with van der Waals surface area (Å²) in [5.41, 5.74) is 1.06. The first-order chi connectivity index (χ1) is 16.1. The van der Waals surface area contributed by atoms with Crippen molar-refractivity contribution in [3.63, 3.8) is 0 Å². The zero-order valence-corrected chi connectivity index (χ0v) is 21.0. The second-order valence-electron chi connectivity index (χ2n) is 9.64. The first kappa shape index (κ1) is 27.6. The normalized spacial score (nSPS) is 21.4. The van der Waals surface area contributed by atoms with Crippen LogP contribution in [0.4, 0.5) is 0 Å². The average Bonchev–Trinajstić information content (AvgIpc) is 3.13. The van der Waals surface area contributed by atoms with Crippen LogP contribution in [0, 0.1) is 0 Å². The molecule has 1 N–H and O–H groups in total. The van der Waals surface area contributed by atoms with E-state index in [4.69, 9.17) is 9.47 Å². The SMILES string of the molecule is CCC/C=C1\OC(=O)C2=C1CC[C@H](OC(=O)CCCCCCCCCCCCCCC)[C@@H]2O. The number of aliphatic hydroxyl groups excluding tert-OH is 1. The van der Waals surface area contributed by atoms with Crippen LogP contribution in [-0.4, -0.2) is 29.3 Å². The number of carbonyl (C=O) groups excluding carboxylic acids is 2. The van der Waals surface area contributed by atoms with Gasteiger partial charge in [-0.1, -0.05) is 97.3 Å². The number of esters is 2. The maximum Gasteiger partial charge on any atom is 0.342 e. The number of aliphatic hydroxyl groups is 1. The molecule has 1 heterocycles. The van der Waals surface area contributed by atoms with Gasteiger partial charge in [0.15, 0.2) is 0 Å². The minimum absolute atomic E-state index is 0.278. The number of carbonyl (C=O) groups is 2. The first-order valence-electron chi connectivity index (χ1n) is 13.6. The molecule has 5 nitrogen and oxygen atoms in total. The largest absolute Gasteiger partial charge is 0.459 e. The lowest BCUT2D eigenvalue weighted by atomic mass is 9.87. The summed E-state index contributed by atoms with van der Waals surface area (Å²) in [7, 11) is 0. The third-order valence-corrected chi connectivity index (χ3v) is 6.76. The van der Waals surface area contributed by atoms with E-state index in [1.54, 1.807) is 0 Å². The molecule has 188 valence electrons. The van der Waals surface area contributed by atoms with E-state index in [2.05, 4.69) is 13.8 Å². The molecule has 1 aliphatic heterocycles. The van der Waals surface area contributed by atoms with Crippen molar-refractivity contribution in [2.75, 3.05) is 0 Å². The Labute approximate surface area is 201 Å². The molecule has 2 rings (SSSR count). The number of allylic oxidation sites excluding steroid dienone is 2. The molecule has 0 aromatic carbocycles. The molecule has 2 aliphatic rings. The molecule has 0 aromatic heterocycles. The van der Waals surface area contributed by atoms with Gasteiger partial charge in [-0.15, -0.1) is 0 Å². The van der Waals surface area contributed by atoms with Crippen molar-refractivity contribution >= 4 is 11.9 Å². The smallest absolute Gasteiger partial charge is 0.342 e. The molecule has 0 radical (unpaired) electrons. The van der Waals surface area contributed by atoms with Gasteiger partial charge in [0.1, 0.15) is 18.0 Å². The van der Waals surface area contributed by atoms with E-state index in [1.807, 2.05) is 6.08 Å². The molecule has 0 aromatic rings. The zero-order chi connectivity index (χ0) is 23.9. The maximum absolute atomic E-state index is 12.3. The van der Waals surface area contributed by atoms with E-state index in [1.165, 1.54) is 64.2 Å². The van der Waals surface area contributed by atoms with Gasteiger partial charge in [0.25, 0.3) is 0 Å². The van der Waals surface area contributed by atoms with Crippen molar-refractivity contribution in [3.8, 4) is 0 Å². The van der Waals surface area contributed by atoms with Crippen molar-refractivity contribution in [2.45, 2.75) is 142 Å². The second-order valence-corrected chi connectivity index (χ2v) is 9.64. The topological polar surface area (TPSA) is 72.8 Å². The Kier molecular flexibility index (Phi) is 13.5. The van der Waals surface area contributed by atoms with Crippen LogP contribution in [0.3, 0.4) is 0 Å². The molecule has 0 saturated heterocycles. The number of ether oxygens (including phenoxy) is 2. The molecule has 1 aliphatic carbocycles. The van der Waals surface area contributed by atoms with Crippen molar-refractivity contribution in [3.05, 3.63) is 23.0 Å². The summed E-state index contributed by atoms with van der Waals surface area (Å²) in [5.74, 6) is -0.205. The number of hydrogen-bond acceptors (Lipinski definition) is 5. The van der Waals surface area contributed by atoms with Gasteiger partial charge in [-0.2, -0.15) is 0 Å². The summed E-state index contributed by atoms with van der Waals surface area (Å²) in [4.78, 5) is 24.5. The van der Waals surface area contributed by atoms with Gasteiger partial charge in [-0.3, -0.25) is 4.79 Å². The molecule has 0 spiro atoms. The maximum atomic E-state index is 12.3.